The van der Waals surface area contributed by atoms with E-state index in [4.69, 9.17) is 27.9 Å². The highest BCUT2D eigenvalue weighted by Crippen LogP contribution is 2.12. The molecule has 1 aromatic rings. The van der Waals surface area contributed by atoms with E-state index in [1.165, 1.54) is 12.1 Å². The molecular weight excluding hydrogens is 404 g/mol. The monoisotopic (exact) mass is 434 g/mol. The second kappa shape index (κ2) is 16.4. The van der Waals surface area contributed by atoms with Crippen LogP contribution in [0.15, 0.2) is 29.2 Å². The zero-order valence-corrected chi connectivity index (χ0v) is 17.6. The zero-order valence-electron chi connectivity index (χ0n) is 16.7. The van der Waals surface area contributed by atoms with Crippen LogP contribution in [0.2, 0.25) is 0 Å². The first-order chi connectivity index (χ1) is 14.1. The molecule has 0 N–H and O–H groups in total. The van der Waals surface area contributed by atoms with Gasteiger partial charge in [0.1, 0.15) is 12.9 Å². The second-order valence-electron chi connectivity index (χ2n) is 5.78. The molecule has 0 saturated heterocycles. The van der Waals surface area contributed by atoms with Crippen molar-refractivity contribution in [1.29, 1.82) is 0 Å². The molecule has 0 aliphatic heterocycles. The van der Waals surface area contributed by atoms with Crippen molar-refractivity contribution in [2.45, 2.75) is 11.8 Å². The van der Waals surface area contributed by atoms with Crippen LogP contribution >= 0.6 is 0 Å². The third-order valence-electron chi connectivity index (χ3n) is 3.45. The summed E-state index contributed by atoms with van der Waals surface area (Å²) in [4.78, 5) is 10.1. The number of carbonyl (C=O) groups is 1. The molecule has 0 fully saturated rings. The fourth-order valence-electron chi connectivity index (χ4n) is 1.99. The van der Waals surface area contributed by atoms with Gasteiger partial charge in [-0.1, -0.05) is 17.7 Å². The van der Waals surface area contributed by atoms with E-state index in [0.29, 0.717) is 59.1 Å². The van der Waals surface area contributed by atoms with Crippen LogP contribution in [0.4, 0.5) is 0 Å². The van der Waals surface area contributed by atoms with Gasteiger partial charge in [-0.3, -0.25) is 4.18 Å². The molecule has 1 aromatic carbocycles. The quantitative estimate of drug-likeness (QED) is 0.179. The van der Waals surface area contributed by atoms with Gasteiger partial charge in [-0.2, -0.15) is 8.42 Å². The Morgan fingerprint density at radius 3 is 1.55 bits per heavy atom. The summed E-state index contributed by atoms with van der Waals surface area (Å²) in [5, 5.41) is 0. The molecule has 0 atom stereocenters. The van der Waals surface area contributed by atoms with Gasteiger partial charge >= 0.3 is 0 Å². The average molecular weight is 435 g/mol. The van der Waals surface area contributed by atoms with Gasteiger partial charge in [0.25, 0.3) is 10.1 Å². The van der Waals surface area contributed by atoms with E-state index in [0.717, 1.165) is 5.56 Å². The summed E-state index contributed by atoms with van der Waals surface area (Å²) in [5.74, 6) is 0. The van der Waals surface area contributed by atoms with E-state index in [2.05, 4.69) is 0 Å². The van der Waals surface area contributed by atoms with Gasteiger partial charge in [0.05, 0.1) is 71.0 Å². The first kappa shape index (κ1) is 25.6. The highest BCUT2D eigenvalue weighted by Gasteiger charge is 2.14. The minimum absolute atomic E-state index is 0.0560. The topological polar surface area (TPSA) is 107 Å². The molecule has 166 valence electrons. The summed E-state index contributed by atoms with van der Waals surface area (Å²) in [6.45, 7) is 5.30. The fourth-order valence-corrected chi connectivity index (χ4v) is 2.88. The number of hydrogen-bond donors (Lipinski definition) is 0. The Hall–Kier alpha value is -1.40. The molecule has 0 saturated carbocycles. The molecule has 10 heteroatoms. The van der Waals surface area contributed by atoms with Crippen molar-refractivity contribution in [3.05, 3.63) is 29.8 Å². The van der Waals surface area contributed by atoms with Crippen molar-refractivity contribution in [2.75, 3.05) is 72.7 Å². The number of aldehydes is 1. The number of hydrogen-bond acceptors (Lipinski definition) is 9. The Balaban J connectivity index is 1.86. The molecular formula is C19H30O9S. The third kappa shape index (κ3) is 13.4. The molecule has 9 nitrogen and oxygen atoms in total. The van der Waals surface area contributed by atoms with Gasteiger partial charge < -0.3 is 28.5 Å². The maximum Gasteiger partial charge on any atom is 0.297 e. The van der Waals surface area contributed by atoms with Crippen LogP contribution in [0.25, 0.3) is 0 Å². The minimum atomic E-state index is -3.76. The van der Waals surface area contributed by atoms with Crippen molar-refractivity contribution in [3.8, 4) is 0 Å². The van der Waals surface area contributed by atoms with Gasteiger partial charge in [0.15, 0.2) is 0 Å². The zero-order chi connectivity index (χ0) is 21.2. The molecule has 1 rings (SSSR count). The summed E-state index contributed by atoms with van der Waals surface area (Å²) < 4.78 is 54.9. The van der Waals surface area contributed by atoms with Crippen LogP contribution in [-0.2, 0) is 42.8 Å². The Bertz CT molecular complexity index is 632. The molecule has 0 bridgehead atoms. The van der Waals surface area contributed by atoms with Crippen molar-refractivity contribution in [3.63, 3.8) is 0 Å². The molecule has 29 heavy (non-hydrogen) atoms. The van der Waals surface area contributed by atoms with Gasteiger partial charge in [-0.05, 0) is 19.1 Å². The lowest BCUT2D eigenvalue weighted by atomic mass is 10.2. The van der Waals surface area contributed by atoms with Crippen molar-refractivity contribution in [1.82, 2.24) is 0 Å². The number of ether oxygens (including phenoxy) is 5. The van der Waals surface area contributed by atoms with E-state index in [1.807, 2.05) is 6.92 Å². The van der Waals surface area contributed by atoms with Gasteiger partial charge in [0, 0.05) is 0 Å². The molecule has 0 aliphatic rings. The first-order valence-electron chi connectivity index (χ1n) is 9.34. The number of rotatable bonds is 19. The lowest BCUT2D eigenvalue weighted by Crippen LogP contribution is -2.15. The standard InChI is InChI=1S/C19H30O9S/c1-18-2-4-19(5-3-18)29(21,22)28-17-16-27-15-14-26-13-12-25-11-10-24-9-8-23-7-6-20/h2-6H,7-17H2,1H3. The van der Waals surface area contributed by atoms with Crippen LogP contribution < -0.4 is 0 Å². The minimum Gasteiger partial charge on any atom is -0.377 e. The predicted octanol–water partition coefficient (Wildman–Crippen LogP) is 0.982. The van der Waals surface area contributed by atoms with E-state index in [-0.39, 0.29) is 24.7 Å². The van der Waals surface area contributed by atoms with E-state index >= 15 is 0 Å². The van der Waals surface area contributed by atoms with Crippen LogP contribution in [0.1, 0.15) is 5.56 Å². The number of benzene rings is 1. The molecule has 0 aromatic heterocycles. The SMILES string of the molecule is Cc1ccc(S(=O)(=O)OCCOCCOCCOCCOCCOCC=O)cc1. The van der Waals surface area contributed by atoms with Crippen LogP contribution in [0, 0.1) is 6.92 Å². The average Bonchev–Trinajstić information content (AvgIpc) is 2.70. The predicted molar refractivity (Wildman–Crippen MR) is 104 cm³/mol. The molecule has 0 aliphatic carbocycles. The van der Waals surface area contributed by atoms with Crippen LogP contribution in [0.5, 0.6) is 0 Å². The lowest BCUT2D eigenvalue weighted by Gasteiger charge is -2.08. The second-order valence-corrected chi connectivity index (χ2v) is 7.40. The van der Waals surface area contributed by atoms with Gasteiger partial charge in [-0.15, -0.1) is 0 Å². The lowest BCUT2D eigenvalue weighted by molar-refractivity contribution is -0.112. The van der Waals surface area contributed by atoms with Gasteiger partial charge in [0.2, 0.25) is 0 Å². The smallest absolute Gasteiger partial charge is 0.297 e. The Labute approximate surface area is 172 Å². The maximum absolute atomic E-state index is 12.0. The highest BCUT2D eigenvalue weighted by atomic mass is 32.2. The Kier molecular flexibility index (Phi) is 14.5. The molecule has 0 radical (unpaired) electrons. The van der Waals surface area contributed by atoms with E-state index < -0.39 is 10.1 Å². The molecule has 0 amide bonds. The molecule has 0 spiro atoms. The summed E-state index contributed by atoms with van der Waals surface area (Å²) in [5.41, 5.74) is 0.975. The summed E-state index contributed by atoms with van der Waals surface area (Å²) in [7, 11) is -3.76. The van der Waals surface area contributed by atoms with E-state index in [9.17, 15) is 13.2 Å². The Morgan fingerprint density at radius 1 is 0.690 bits per heavy atom. The fraction of sp³-hybridized carbons (Fsp3) is 0.632. The van der Waals surface area contributed by atoms with Crippen molar-refractivity contribution >= 4 is 16.4 Å². The number of aryl methyl sites for hydroxylation is 1. The summed E-state index contributed by atoms with van der Waals surface area (Å²) >= 11 is 0. The molecule has 0 heterocycles. The van der Waals surface area contributed by atoms with Crippen LogP contribution in [-0.4, -0.2) is 87.4 Å². The summed E-state index contributed by atoms with van der Waals surface area (Å²) in [6.07, 6.45) is 0.693. The molecule has 0 unspecified atom stereocenters. The van der Waals surface area contributed by atoms with Crippen molar-refractivity contribution < 1.29 is 41.1 Å². The van der Waals surface area contributed by atoms with E-state index in [1.54, 1.807) is 12.1 Å². The summed E-state index contributed by atoms with van der Waals surface area (Å²) in [6, 6.07) is 6.46. The first-order valence-corrected chi connectivity index (χ1v) is 10.8. The van der Waals surface area contributed by atoms with Gasteiger partial charge in [-0.25, -0.2) is 0 Å². The van der Waals surface area contributed by atoms with Crippen molar-refractivity contribution in [2.24, 2.45) is 0 Å². The largest absolute Gasteiger partial charge is 0.377 e. The van der Waals surface area contributed by atoms with Crippen LogP contribution in [0.3, 0.4) is 0 Å². The normalized spacial score (nSPS) is 11.6. The number of carbonyl (C=O) groups excluding carboxylic acids is 1. The third-order valence-corrected chi connectivity index (χ3v) is 4.78. The Morgan fingerprint density at radius 2 is 1.10 bits per heavy atom. The maximum atomic E-state index is 12.0. The highest BCUT2D eigenvalue weighted by molar-refractivity contribution is 7.86.